The summed E-state index contributed by atoms with van der Waals surface area (Å²) in [5.74, 6) is 0. The lowest BCUT2D eigenvalue weighted by molar-refractivity contribution is 1.24. The van der Waals surface area contributed by atoms with Crippen LogP contribution in [0.5, 0.6) is 0 Å². The molecule has 2 aromatic heterocycles. The van der Waals surface area contributed by atoms with E-state index in [0.29, 0.717) is 0 Å². The number of nitrogens with two attached hydrogens (primary N) is 1. The molecule has 3 heteroatoms. The number of fused-ring (bicyclic) bond motifs is 1. The Bertz CT molecular complexity index is 292. The van der Waals surface area contributed by atoms with E-state index in [4.69, 9.17) is 5.73 Å². The van der Waals surface area contributed by atoms with Crippen LogP contribution in [0.4, 0.5) is 5.69 Å². The van der Waals surface area contributed by atoms with E-state index in [1.54, 1.807) is 11.3 Å². The van der Waals surface area contributed by atoms with Gasteiger partial charge in [0.2, 0.25) is 0 Å². The standard InChI is InChI=1S/C6H6N2S/c7-5-3-6-8(4-5)1-2-9-6/h1-4H,7H2. The van der Waals surface area contributed by atoms with Crippen molar-refractivity contribution in [1.29, 1.82) is 0 Å². The molecule has 0 atom stereocenters. The average Bonchev–Trinajstić information content (AvgIpc) is 2.22. The second kappa shape index (κ2) is 1.51. The number of nitrogen functional groups attached to an aromatic ring is 1. The summed E-state index contributed by atoms with van der Waals surface area (Å²) in [6.45, 7) is 0. The summed E-state index contributed by atoms with van der Waals surface area (Å²) in [5.41, 5.74) is 6.36. The second-order valence-corrected chi connectivity index (χ2v) is 2.85. The third-order valence-corrected chi connectivity index (χ3v) is 2.07. The van der Waals surface area contributed by atoms with Crippen LogP contribution in [-0.2, 0) is 0 Å². The van der Waals surface area contributed by atoms with Gasteiger partial charge >= 0.3 is 0 Å². The van der Waals surface area contributed by atoms with E-state index < -0.39 is 0 Å². The van der Waals surface area contributed by atoms with Gasteiger partial charge < -0.3 is 10.1 Å². The number of hydrogen-bond acceptors (Lipinski definition) is 2. The smallest absolute Gasteiger partial charge is 0.101 e. The van der Waals surface area contributed by atoms with Crippen molar-refractivity contribution in [3.63, 3.8) is 0 Å². The van der Waals surface area contributed by atoms with Crippen LogP contribution in [0.3, 0.4) is 0 Å². The molecule has 0 aliphatic heterocycles. The molecular weight excluding hydrogens is 132 g/mol. The molecule has 0 unspecified atom stereocenters. The second-order valence-electron chi connectivity index (χ2n) is 1.92. The van der Waals surface area contributed by atoms with Gasteiger partial charge in [0.1, 0.15) is 4.83 Å². The van der Waals surface area contributed by atoms with Crippen LogP contribution in [-0.4, -0.2) is 4.40 Å². The molecule has 0 radical (unpaired) electrons. The van der Waals surface area contributed by atoms with Gasteiger partial charge in [-0.05, 0) is 6.07 Å². The van der Waals surface area contributed by atoms with Crippen LogP contribution in [0.15, 0.2) is 23.8 Å². The summed E-state index contributed by atoms with van der Waals surface area (Å²) >= 11 is 1.69. The Morgan fingerprint density at radius 2 is 2.44 bits per heavy atom. The van der Waals surface area contributed by atoms with Crippen molar-refractivity contribution in [1.82, 2.24) is 4.40 Å². The highest BCUT2D eigenvalue weighted by atomic mass is 32.1. The molecule has 2 N–H and O–H groups in total. The Morgan fingerprint density at radius 1 is 1.56 bits per heavy atom. The maximum atomic E-state index is 5.52. The molecule has 0 aromatic carbocycles. The maximum Gasteiger partial charge on any atom is 0.101 e. The minimum atomic E-state index is 0.835. The lowest BCUT2D eigenvalue weighted by Gasteiger charge is -1.75. The van der Waals surface area contributed by atoms with E-state index in [1.165, 1.54) is 4.83 Å². The Kier molecular flexibility index (Phi) is 0.818. The average molecular weight is 138 g/mol. The number of anilines is 1. The van der Waals surface area contributed by atoms with Crippen LogP contribution in [0.2, 0.25) is 0 Å². The maximum absolute atomic E-state index is 5.52. The van der Waals surface area contributed by atoms with Crippen molar-refractivity contribution >= 4 is 21.9 Å². The van der Waals surface area contributed by atoms with Gasteiger partial charge in [-0.3, -0.25) is 0 Å². The summed E-state index contributed by atoms with van der Waals surface area (Å²) in [4.78, 5) is 1.20. The van der Waals surface area contributed by atoms with E-state index in [-0.39, 0.29) is 0 Å². The van der Waals surface area contributed by atoms with E-state index in [0.717, 1.165) is 5.69 Å². The fraction of sp³-hybridized carbons (Fsp3) is 0. The van der Waals surface area contributed by atoms with Crippen LogP contribution >= 0.6 is 11.3 Å². The highest BCUT2D eigenvalue weighted by molar-refractivity contribution is 7.15. The third-order valence-electron chi connectivity index (χ3n) is 1.24. The van der Waals surface area contributed by atoms with E-state index in [1.807, 2.05) is 28.2 Å². The topological polar surface area (TPSA) is 30.4 Å². The highest BCUT2D eigenvalue weighted by Crippen LogP contribution is 2.16. The summed E-state index contributed by atoms with van der Waals surface area (Å²) in [6.07, 6.45) is 3.90. The lowest BCUT2D eigenvalue weighted by Crippen LogP contribution is -1.77. The van der Waals surface area contributed by atoms with Gasteiger partial charge in [0.05, 0.1) is 5.69 Å². The highest BCUT2D eigenvalue weighted by Gasteiger charge is 1.93. The molecule has 2 nitrogen and oxygen atoms in total. The minimum Gasteiger partial charge on any atom is -0.397 e. The van der Waals surface area contributed by atoms with Crippen molar-refractivity contribution in [2.24, 2.45) is 0 Å². The summed E-state index contributed by atoms with van der Waals surface area (Å²) in [6, 6.07) is 1.96. The molecule has 0 aliphatic rings. The first-order chi connectivity index (χ1) is 4.36. The molecule has 46 valence electrons. The van der Waals surface area contributed by atoms with E-state index >= 15 is 0 Å². The molecule has 2 rings (SSSR count). The first-order valence-corrected chi connectivity index (χ1v) is 3.55. The van der Waals surface area contributed by atoms with Gasteiger partial charge in [-0.1, -0.05) is 0 Å². The molecule has 0 saturated carbocycles. The number of nitrogens with zero attached hydrogens (tertiary/aromatic N) is 1. The number of hydrogen-bond donors (Lipinski definition) is 1. The molecule has 0 fully saturated rings. The first kappa shape index (κ1) is 4.88. The van der Waals surface area contributed by atoms with Crippen molar-refractivity contribution in [2.45, 2.75) is 0 Å². The Labute approximate surface area is 56.5 Å². The summed E-state index contributed by atoms with van der Waals surface area (Å²) in [7, 11) is 0. The molecule has 0 saturated heterocycles. The fourth-order valence-corrected chi connectivity index (χ4v) is 1.63. The van der Waals surface area contributed by atoms with E-state index in [2.05, 4.69) is 0 Å². The SMILES string of the molecule is Nc1cc2sccn2c1. The van der Waals surface area contributed by atoms with Gasteiger partial charge in [-0.15, -0.1) is 11.3 Å². The van der Waals surface area contributed by atoms with Crippen molar-refractivity contribution in [2.75, 3.05) is 5.73 Å². The zero-order valence-corrected chi connectivity index (χ0v) is 5.56. The monoisotopic (exact) mass is 138 g/mol. The predicted molar refractivity (Wildman–Crippen MR) is 39.7 cm³/mol. The first-order valence-electron chi connectivity index (χ1n) is 2.67. The summed E-state index contributed by atoms with van der Waals surface area (Å²) < 4.78 is 2.01. The van der Waals surface area contributed by atoms with Gasteiger partial charge in [0.15, 0.2) is 0 Å². The number of rotatable bonds is 0. The fourth-order valence-electron chi connectivity index (χ4n) is 0.856. The van der Waals surface area contributed by atoms with Gasteiger partial charge in [0.25, 0.3) is 0 Å². The predicted octanol–water partition coefficient (Wildman–Crippen LogP) is 1.58. The molecule has 2 aromatic rings. The molecule has 0 bridgehead atoms. The molecule has 2 heterocycles. The largest absolute Gasteiger partial charge is 0.397 e. The third kappa shape index (κ3) is 0.616. The molecule has 0 amide bonds. The summed E-state index contributed by atoms with van der Waals surface area (Å²) in [5, 5.41) is 2.04. The Balaban J connectivity index is 2.92. The Hall–Kier alpha value is -0.960. The van der Waals surface area contributed by atoms with Crippen LogP contribution in [0, 0.1) is 0 Å². The Morgan fingerprint density at radius 3 is 3.22 bits per heavy atom. The number of thiazole rings is 1. The quantitative estimate of drug-likeness (QED) is 0.588. The van der Waals surface area contributed by atoms with E-state index in [9.17, 15) is 0 Å². The van der Waals surface area contributed by atoms with Crippen LogP contribution < -0.4 is 5.73 Å². The molecule has 0 spiro atoms. The normalized spacial score (nSPS) is 10.7. The molecular formula is C6H6N2S. The lowest BCUT2D eigenvalue weighted by atomic mass is 10.6. The van der Waals surface area contributed by atoms with Gasteiger partial charge in [-0.25, -0.2) is 0 Å². The van der Waals surface area contributed by atoms with Gasteiger partial charge in [-0.2, -0.15) is 0 Å². The number of aromatic nitrogens is 1. The van der Waals surface area contributed by atoms with Crippen LogP contribution in [0.1, 0.15) is 0 Å². The van der Waals surface area contributed by atoms with Crippen molar-refractivity contribution < 1.29 is 0 Å². The molecule has 9 heavy (non-hydrogen) atoms. The zero-order valence-electron chi connectivity index (χ0n) is 4.74. The zero-order chi connectivity index (χ0) is 6.27. The van der Waals surface area contributed by atoms with Crippen molar-refractivity contribution in [3.05, 3.63) is 23.8 Å². The van der Waals surface area contributed by atoms with Gasteiger partial charge in [0, 0.05) is 17.8 Å². The van der Waals surface area contributed by atoms with Crippen molar-refractivity contribution in [3.8, 4) is 0 Å². The molecule has 0 aliphatic carbocycles. The minimum absolute atomic E-state index is 0.835. The van der Waals surface area contributed by atoms with Crippen LogP contribution in [0.25, 0.3) is 4.83 Å².